The summed E-state index contributed by atoms with van der Waals surface area (Å²) in [6.07, 6.45) is 6.29. The van der Waals surface area contributed by atoms with Crippen molar-refractivity contribution in [2.75, 3.05) is 0 Å². The first-order valence-electron chi connectivity index (χ1n) is 9.06. The highest BCUT2D eigenvalue weighted by atomic mass is 16.4. The molecule has 0 spiro atoms. The molecule has 1 aromatic heterocycles. The predicted molar refractivity (Wildman–Crippen MR) is 94.4 cm³/mol. The molecule has 1 N–H and O–H groups in total. The second-order valence-corrected chi connectivity index (χ2v) is 7.23. The minimum Gasteiger partial charge on any atom is -0.480 e. The Bertz CT molecular complexity index is 830. The maximum Gasteiger partial charge on any atom is 0.326 e. The number of aliphatic carboxylic acids is 1. The summed E-state index contributed by atoms with van der Waals surface area (Å²) in [7, 11) is 1.80. The highest BCUT2D eigenvalue weighted by molar-refractivity contribution is 5.97. The van der Waals surface area contributed by atoms with Crippen LogP contribution in [0.2, 0.25) is 0 Å². The number of carbonyl (C=O) groups excluding carboxylic acids is 1. The fourth-order valence-corrected chi connectivity index (χ4v) is 4.36. The Morgan fingerprint density at radius 1 is 1.15 bits per heavy atom. The topological polar surface area (TPSA) is 88.3 Å². The van der Waals surface area contributed by atoms with Gasteiger partial charge >= 0.3 is 5.97 Å². The van der Waals surface area contributed by atoms with Crippen LogP contribution in [-0.4, -0.2) is 48.7 Å². The van der Waals surface area contributed by atoms with E-state index in [1.165, 1.54) is 0 Å². The van der Waals surface area contributed by atoms with Gasteiger partial charge in [0.15, 0.2) is 5.82 Å². The molecule has 7 heteroatoms. The van der Waals surface area contributed by atoms with Crippen molar-refractivity contribution in [3.8, 4) is 11.4 Å². The van der Waals surface area contributed by atoms with Crippen molar-refractivity contribution in [1.29, 1.82) is 0 Å². The standard InChI is InChI=1S/C19H22N4O3/c1-22-11-20-17(21-22)12-6-8-13(9-7-12)18(24)23-15-5-3-2-4-14(15)10-16(23)19(25)26/h6-9,11,14-16H,2-5,10H2,1H3,(H,25,26). The van der Waals surface area contributed by atoms with E-state index in [1.54, 1.807) is 35.1 Å². The highest BCUT2D eigenvalue weighted by Crippen LogP contribution is 2.40. The normalized spacial score (nSPS) is 25.1. The lowest BCUT2D eigenvalue weighted by atomic mass is 9.84. The third kappa shape index (κ3) is 2.87. The van der Waals surface area contributed by atoms with Crippen molar-refractivity contribution < 1.29 is 14.7 Å². The number of carboxylic acids is 1. The second kappa shape index (κ2) is 6.55. The van der Waals surface area contributed by atoms with E-state index in [-0.39, 0.29) is 11.9 Å². The van der Waals surface area contributed by atoms with Crippen molar-refractivity contribution in [3.63, 3.8) is 0 Å². The summed E-state index contributed by atoms with van der Waals surface area (Å²) in [6.45, 7) is 0. The van der Waals surface area contributed by atoms with E-state index in [4.69, 9.17) is 0 Å². The van der Waals surface area contributed by atoms with Gasteiger partial charge in [-0.05, 0) is 37.3 Å². The highest BCUT2D eigenvalue weighted by Gasteiger charge is 2.47. The van der Waals surface area contributed by atoms with Crippen LogP contribution in [0, 0.1) is 5.92 Å². The average molecular weight is 354 g/mol. The van der Waals surface area contributed by atoms with E-state index in [2.05, 4.69) is 10.1 Å². The Balaban J connectivity index is 1.60. The number of rotatable bonds is 3. The summed E-state index contributed by atoms with van der Waals surface area (Å²) in [5.41, 5.74) is 1.34. The number of benzene rings is 1. The quantitative estimate of drug-likeness (QED) is 0.914. The molecule has 1 saturated carbocycles. The molecule has 2 fully saturated rings. The van der Waals surface area contributed by atoms with Crippen LogP contribution in [0.1, 0.15) is 42.5 Å². The molecule has 3 unspecified atom stereocenters. The van der Waals surface area contributed by atoms with Crippen LogP contribution in [0.4, 0.5) is 0 Å². The monoisotopic (exact) mass is 354 g/mol. The SMILES string of the molecule is Cn1cnc(-c2ccc(C(=O)N3C(C(=O)O)CC4CCCCC43)cc2)n1. The molecule has 26 heavy (non-hydrogen) atoms. The summed E-state index contributed by atoms with van der Waals surface area (Å²) < 4.78 is 1.62. The zero-order valence-corrected chi connectivity index (χ0v) is 14.7. The van der Waals surface area contributed by atoms with Gasteiger partial charge in [0, 0.05) is 24.2 Å². The van der Waals surface area contributed by atoms with E-state index in [1.807, 2.05) is 12.1 Å². The van der Waals surface area contributed by atoms with Gasteiger partial charge in [0.25, 0.3) is 5.91 Å². The fourth-order valence-electron chi connectivity index (χ4n) is 4.36. The van der Waals surface area contributed by atoms with Gasteiger partial charge in [-0.15, -0.1) is 0 Å². The van der Waals surface area contributed by atoms with Gasteiger partial charge in [0.1, 0.15) is 12.4 Å². The second-order valence-electron chi connectivity index (χ2n) is 7.23. The molecule has 136 valence electrons. The van der Waals surface area contributed by atoms with E-state index in [9.17, 15) is 14.7 Å². The molecule has 1 amide bonds. The smallest absolute Gasteiger partial charge is 0.326 e. The Kier molecular flexibility index (Phi) is 4.22. The number of aromatic nitrogens is 3. The van der Waals surface area contributed by atoms with Gasteiger partial charge in [-0.25, -0.2) is 9.78 Å². The molecule has 1 aliphatic heterocycles. The number of aryl methyl sites for hydroxylation is 1. The van der Waals surface area contributed by atoms with Crippen LogP contribution in [-0.2, 0) is 11.8 Å². The first-order chi connectivity index (χ1) is 12.5. The molecule has 1 saturated heterocycles. The molecule has 1 aromatic carbocycles. The van der Waals surface area contributed by atoms with E-state index in [0.717, 1.165) is 31.2 Å². The van der Waals surface area contributed by atoms with Gasteiger partial charge in [0.2, 0.25) is 0 Å². The van der Waals surface area contributed by atoms with Crippen molar-refractivity contribution >= 4 is 11.9 Å². The Morgan fingerprint density at radius 2 is 1.88 bits per heavy atom. The van der Waals surface area contributed by atoms with Crippen molar-refractivity contribution in [1.82, 2.24) is 19.7 Å². The lowest BCUT2D eigenvalue weighted by Crippen LogP contribution is -2.46. The zero-order chi connectivity index (χ0) is 18.3. The Hall–Kier alpha value is -2.70. The van der Waals surface area contributed by atoms with Crippen LogP contribution in [0.5, 0.6) is 0 Å². The van der Waals surface area contributed by atoms with Gasteiger partial charge in [-0.1, -0.05) is 25.0 Å². The molecule has 4 rings (SSSR count). The van der Waals surface area contributed by atoms with Gasteiger partial charge < -0.3 is 10.0 Å². The first-order valence-corrected chi connectivity index (χ1v) is 9.06. The third-order valence-corrected chi connectivity index (χ3v) is 5.60. The van der Waals surface area contributed by atoms with E-state index in [0.29, 0.717) is 23.7 Å². The van der Waals surface area contributed by atoms with Crippen molar-refractivity contribution in [2.24, 2.45) is 13.0 Å². The fraction of sp³-hybridized carbons (Fsp3) is 0.474. The Morgan fingerprint density at radius 3 is 2.54 bits per heavy atom. The summed E-state index contributed by atoms with van der Waals surface area (Å²) >= 11 is 0. The number of hydrogen-bond acceptors (Lipinski definition) is 4. The van der Waals surface area contributed by atoms with Gasteiger partial charge in [-0.2, -0.15) is 5.10 Å². The van der Waals surface area contributed by atoms with Crippen LogP contribution in [0.25, 0.3) is 11.4 Å². The summed E-state index contributed by atoms with van der Waals surface area (Å²) in [6, 6.07) is 6.44. The predicted octanol–water partition coefficient (Wildman–Crippen LogP) is 2.34. The maximum absolute atomic E-state index is 13.1. The molecular weight excluding hydrogens is 332 g/mol. The van der Waals surface area contributed by atoms with Gasteiger partial charge in [-0.3, -0.25) is 9.48 Å². The zero-order valence-electron chi connectivity index (χ0n) is 14.7. The molecule has 2 aliphatic rings. The van der Waals surface area contributed by atoms with Crippen LogP contribution in [0.3, 0.4) is 0 Å². The minimum absolute atomic E-state index is 0.0504. The number of fused-ring (bicyclic) bond motifs is 1. The average Bonchev–Trinajstić information content (AvgIpc) is 3.25. The van der Waals surface area contributed by atoms with Crippen LogP contribution < -0.4 is 0 Å². The molecule has 1 aliphatic carbocycles. The molecule has 3 atom stereocenters. The third-order valence-electron chi connectivity index (χ3n) is 5.60. The van der Waals surface area contributed by atoms with Crippen molar-refractivity contribution in [2.45, 2.75) is 44.2 Å². The number of carbonyl (C=O) groups is 2. The number of amides is 1. The molecule has 0 bridgehead atoms. The van der Waals surface area contributed by atoms with E-state index >= 15 is 0 Å². The number of hydrogen-bond donors (Lipinski definition) is 1. The lowest BCUT2D eigenvalue weighted by Gasteiger charge is -2.33. The van der Waals surface area contributed by atoms with Crippen LogP contribution >= 0.6 is 0 Å². The van der Waals surface area contributed by atoms with E-state index < -0.39 is 12.0 Å². The van der Waals surface area contributed by atoms with Gasteiger partial charge in [0.05, 0.1) is 0 Å². The Labute approximate surface area is 151 Å². The minimum atomic E-state index is -0.901. The summed E-state index contributed by atoms with van der Waals surface area (Å²) in [4.78, 5) is 30.6. The molecule has 2 aromatic rings. The summed E-state index contributed by atoms with van der Waals surface area (Å²) in [5, 5.41) is 13.9. The van der Waals surface area contributed by atoms with Crippen molar-refractivity contribution in [3.05, 3.63) is 36.2 Å². The molecule has 0 radical (unpaired) electrons. The molecular formula is C19H22N4O3. The number of likely N-dealkylation sites (tertiary alicyclic amines) is 1. The lowest BCUT2D eigenvalue weighted by molar-refractivity contribution is -0.141. The van der Waals surface area contributed by atoms with Crippen LogP contribution in [0.15, 0.2) is 30.6 Å². The first kappa shape index (κ1) is 16.8. The number of carboxylic acid groups (broad SMARTS) is 1. The largest absolute Gasteiger partial charge is 0.480 e. The summed E-state index contributed by atoms with van der Waals surface area (Å²) in [5.74, 6) is -0.177. The molecule has 2 heterocycles. The number of nitrogens with zero attached hydrogens (tertiary/aromatic N) is 4. The maximum atomic E-state index is 13.1. The molecule has 7 nitrogen and oxygen atoms in total.